The average molecular weight is 313 g/mol. The van der Waals surface area contributed by atoms with E-state index in [9.17, 15) is 13.2 Å². The Hall–Kier alpha value is -1.63. The van der Waals surface area contributed by atoms with Gasteiger partial charge in [0, 0.05) is 12.6 Å². The molecular weight excluding hydrogens is 290 g/mol. The maximum Gasteiger partial charge on any atom is 0.225 e. The van der Waals surface area contributed by atoms with Crippen LogP contribution < -0.4 is 11.1 Å². The van der Waals surface area contributed by atoms with Crippen LogP contribution in [0.5, 0.6) is 0 Å². The number of amides is 1. The highest BCUT2D eigenvalue weighted by Crippen LogP contribution is 2.21. The lowest BCUT2D eigenvalue weighted by molar-refractivity contribution is -0.116. The summed E-state index contributed by atoms with van der Waals surface area (Å²) in [4.78, 5) is 15.7. The van der Waals surface area contributed by atoms with Gasteiger partial charge < -0.3 is 11.1 Å². The number of carbonyl (C=O) groups excluding carboxylic acids is 1. The van der Waals surface area contributed by atoms with E-state index in [1.807, 2.05) is 0 Å². The van der Waals surface area contributed by atoms with Gasteiger partial charge in [0.1, 0.15) is 0 Å². The highest BCUT2D eigenvalue weighted by atomic mass is 32.2. The lowest BCUT2D eigenvalue weighted by Gasteiger charge is -2.09. The number of aromatic nitrogens is 1. The van der Waals surface area contributed by atoms with Crippen LogP contribution in [0.25, 0.3) is 0 Å². The highest BCUT2D eigenvalue weighted by Gasteiger charge is 2.16. The van der Waals surface area contributed by atoms with E-state index in [-0.39, 0.29) is 28.1 Å². The van der Waals surface area contributed by atoms with Crippen LogP contribution in [-0.2, 0) is 14.6 Å². The zero-order chi connectivity index (χ0) is 15.9. The van der Waals surface area contributed by atoms with Crippen LogP contribution in [0, 0.1) is 0 Å². The Kier molecular flexibility index (Phi) is 6.61. The minimum atomic E-state index is -3.35. The van der Waals surface area contributed by atoms with Crippen LogP contribution in [0.2, 0.25) is 0 Å². The van der Waals surface area contributed by atoms with Crippen molar-refractivity contribution in [1.29, 1.82) is 0 Å². The standard InChI is InChI=1S/C14H23N3O3S/c1-3-5-6-7-13(18)17-14-12(15)9-11(10-16-14)21(19,20)8-4-2/h9-10H,3-8,15H2,1-2H3,(H,16,17,18). The summed E-state index contributed by atoms with van der Waals surface area (Å²) >= 11 is 0. The van der Waals surface area contributed by atoms with Crippen molar-refractivity contribution in [2.45, 2.75) is 50.8 Å². The van der Waals surface area contributed by atoms with Crippen LogP contribution in [0.15, 0.2) is 17.2 Å². The molecule has 0 spiro atoms. The van der Waals surface area contributed by atoms with E-state index >= 15 is 0 Å². The Morgan fingerprint density at radius 2 is 2.00 bits per heavy atom. The SMILES string of the molecule is CCCCCC(=O)Nc1ncc(S(=O)(=O)CCC)cc1N. The second-order valence-electron chi connectivity index (χ2n) is 4.93. The van der Waals surface area contributed by atoms with Crippen molar-refractivity contribution in [3.8, 4) is 0 Å². The van der Waals surface area contributed by atoms with Gasteiger partial charge in [0.05, 0.1) is 16.3 Å². The summed E-state index contributed by atoms with van der Waals surface area (Å²) in [6.07, 6.45) is 5.01. The molecule has 0 unspecified atom stereocenters. The molecule has 0 saturated carbocycles. The summed E-state index contributed by atoms with van der Waals surface area (Å²) in [5.41, 5.74) is 5.94. The van der Waals surface area contributed by atoms with Gasteiger partial charge in [0.25, 0.3) is 0 Å². The van der Waals surface area contributed by atoms with Gasteiger partial charge in [-0.3, -0.25) is 4.79 Å². The number of pyridine rings is 1. The van der Waals surface area contributed by atoms with Crippen molar-refractivity contribution in [2.24, 2.45) is 0 Å². The van der Waals surface area contributed by atoms with Gasteiger partial charge in [-0.2, -0.15) is 0 Å². The monoisotopic (exact) mass is 313 g/mol. The minimum absolute atomic E-state index is 0.0524. The number of rotatable bonds is 8. The molecule has 1 aromatic heterocycles. The molecule has 1 amide bonds. The third-order valence-electron chi connectivity index (χ3n) is 2.99. The van der Waals surface area contributed by atoms with E-state index in [4.69, 9.17) is 5.73 Å². The fourth-order valence-corrected chi connectivity index (χ4v) is 3.15. The molecule has 1 rings (SSSR count). The van der Waals surface area contributed by atoms with Crippen LogP contribution >= 0.6 is 0 Å². The molecule has 0 aromatic carbocycles. The Bertz CT molecular complexity index is 585. The van der Waals surface area contributed by atoms with Gasteiger partial charge in [-0.25, -0.2) is 13.4 Å². The first-order chi connectivity index (χ1) is 9.90. The first-order valence-electron chi connectivity index (χ1n) is 7.18. The van der Waals surface area contributed by atoms with Crippen LogP contribution in [0.3, 0.4) is 0 Å². The van der Waals surface area contributed by atoms with Crippen LogP contribution in [0.4, 0.5) is 11.5 Å². The first-order valence-corrected chi connectivity index (χ1v) is 8.84. The molecule has 21 heavy (non-hydrogen) atoms. The third kappa shape index (κ3) is 5.34. The number of hydrogen-bond acceptors (Lipinski definition) is 5. The predicted octanol–water partition coefficient (Wildman–Crippen LogP) is 2.37. The molecule has 6 nitrogen and oxygen atoms in total. The molecule has 0 radical (unpaired) electrons. The largest absolute Gasteiger partial charge is 0.396 e. The van der Waals surface area contributed by atoms with E-state index in [0.29, 0.717) is 12.8 Å². The fourth-order valence-electron chi connectivity index (χ4n) is 1.85. The Balaban J connectivity index is 2.77. The number of nitrogens with two attached hydrogens (primary N) is 1. The Labute approximate surface area is 126 Å². The molecular formula is C14H23N3O3S. The number of nitrogen functional groups attached to an aromatic ring is 1. The molecule has 118 valence electrons. The van der Waals surface area contributed by atoms with Gasteiger partial charge in [0.15, 0.2) is 15.7 Å². The van der Waals surface area contributed by atoms with Crippen molar-refractivity contribution in [3.63, 3.8) is 0 Å². The molecule has 1 heterocycles. The van der Waals surface area contributed by atoms with Crippen molar-refractivity contribution in [1.82, 2.24) is 4.98 Å². The van der Waals surface area contributed by atoms with E-state index in [2.05, 4.69) is 17.2 Å². The molecule has 0 aliphatic carbocycles. The fraction of sp³-hybridized carbons (Fsp3) is 0.571. The molecule has 0 aliphatic heterocycles. The van der Waals surface area contributed by atoms with Gasteiger partial charge >= 0.3 is 0 Å². The lowest BCUT2D eigenvalue weighted by Crippen LogP contribution is -2.15. The smallest absolute Gasteiger partial charge is 0.225 e. The summed E-state index contributed by atoms with van der Waals surface area (Å²) in [5.74, 6) is 0.107. The first kappa shape index (κ1) is 17.4. The highest BCUT2D eigenvalue weighted by molar-refractivity contribution is 7.91. The number of nitrogens with one attached hydrogen (secondary N) is 1. The van der Waals surface area contributed by atoms with Crippen LogP contribution in [-0.4, -0.2) is 25.1 Å². The molecule has 0 atom stereocenters. The molecule has 0 fully saturated rings. The van der Waals surface area contributed by atoms with Crippen LogP contribution in [0.1, 0.15) is 46.0 Å². The van der Waals surface area contributed by atoms with E-state index < -0.39 is 9.84 Å². The molecule has 0 aliphatic rings. The van der Waals surface area contributed by atoms with Crippen molar-refractivity contribution in [2.75, 3.05) is 16.8 Å². The lowest BCUT2D eigenvalue weighted by atomic mass is 10.2. The molecule has 3 N–H and O–H groups in total. The summed E-state index contributed by atoms with van der Waals surface area (Å²) in [6.45, 7) is 3.85. The maximum atomic E-state index is 11.9. The van der Waals surface area contributed by atoms with E-state index in [0.717, 1.165) is 19.3 Å². The van der Waals surface area contributed by atoms with Crippen molar-refractivity contribution in [3.05, 3.63) is 12.3 Å². The zero-order valence-corrected chi connectivity index (χ0v) is 13.4. The molecule has 7 heteroatoms. The molecule has 0 bridgehead atoms. The molecule has 0 saturated heterocycles. The summed E-state index contributed by atoms with van der Waals surface area (Å²) in [6, 6.07) is 1.35. The number of unbranched alkanes of at least 4 members (excludes halogenated alkanes) is 2. The summed E-state index contributed by atoms with van der Waals surface area (Å²) in [7, 11) is -3.35. The Morgan fingerprint density at radius 3 is 2.57 bits per heavy atom. The number of nitrogens with zero attached hydrogens (tertiary/aromatic N) is 1. The third-order valence-corrected chi connectivity index (χ3v) is 4.88. The van der Waals surface area contributed by atoms with Crippen molar-refractivity contribution >= 4 is 27.2 Å². The van der Waals surface area contributed by atoms with Gasteiger partial charge in [-0.05, 0) is 18.9 Å². The second-order valence-corrected chi connectivity index (χ2v) is 7.04. The maximum absolute atomic E-state index is 11.9. The van der Waals surface area contributed by atoms with Gasteiger partial charge in [0.2, 0.25) is 5.91 Å². The zero-order valence-electron chi connectivity index (χ0n) is 12.6. The average Bonchev–Trinajstić information content (AvgIpc) is 2.41. The number of carbonyl (C=O) groups is 1. The number of anilines is 2. The van der Waals surface area contributed by atoms with E-state index in [1.165, 1.54) is 12.3 Å². The second kappa shape index (κ2) is 7.97. The number of sulfone groups is 1. The predicted molar refractivity (Wildman–Crippen MR) is 83.8 cm³/mol. The topological polar surface area (TPSA) is 102 Å². The van der Waals surface area contributed by atoms with Gasteiger partial charge in [-0.15, -0.1) is 0 Å². The summed E-state index contributed by atoms with van der Waals surface area (Å²) < 4.78 is 23.8. The summed E-state index contributed by atoms with van der Waals surface area (Å²) in [5, 5.41) is 2.61. The quantitative estimate of drug-likeness (QED) is 0.717. The Morgan fingerprint density at radius 1 is 1.29 bits per heavy atom. The normalized spacial score (nSPS) is 11.3. The molecule has 1 aromatic rings. The van der Waals surface area contributed by atoms with Gasteiger partial charge in [-0.1, -0.05) is 26.7 Å². The number of hydrogen-bond donors (Lipinski definition) is 2. The van der Waals surface area contributed by atoms with Crippen molar-refractivity contribution < 1.29 is 13.2 Å². The van der Waals surface area contributed by atoms with E-state index in [1.54, 1.807) is 6.92 Å². The minimum Gasteiger partial charge on any atom is -0.396 e.